The van der Waals surface area contributed by atoms with E-state index in [-0.39, 0.29) is 18.7 Å². The second kappa shape index (κ2) is 9.10. The van der Waals surface area contributed by atoms with Crippen LogP contribution >= 0.6 is 0 Å². The first-order valence-electron chi connectivity index (χ1n) is 7.37. The Balaban J connectivity index is 2.29. The molecule has 0 bridgehead atoms. The number of amides is 1. The molecule has 2 N–H and O–H groups in total. The maximum absolute atomic E-state index is 11.8. The summed E-state index contributed by atoms with van der Waals surface area (Å²) in [6.45, 7) is 4.75. The molecule has 1 amide bonds. The topological polar surface area (TPSA) is 79.3 Å². The van der Waals surface area contributed by atoms with E-state index < -0.39 is 5.97 Å². The molecule has 1 aromatic heterocycles. The average molecular weight is 292 g/mol. The van der Waals surface area contributed by atoms with E-state index in [9.17, 15) is 9.59 Å². The van der Waals surface area contributed by atoms with Crippen LogP contribution in [0.1, 0.15) is 38.8 Å². The lowest BCUT2D eigenvalue weighted by Crippen LogP contribution is -2.28. The fraction of sp³-hybridized carbons (Fsp3) is 0.562. The van der Waals surface area contributed by atoms with Gasteiger partial charge in [0.15, 0.2) is 0 Å². The van der Waals surface area contributed by atoms with Gasteiger partial charge in [-0.3, -0.25) is 14.6 Å². The lowest BCUT2D eigenvalue weighted by molar-refractivity contribution is -0.137. The summed E-state index contributed by atoms with van der Waals surface area (Å²) in [5.41, 5.74) is 0.751. The van der Waals surface area contributed by atoms with Crippen LogP contribution in [0.25, 0.3) is 0 Å². The van der Waals surface area contributed by atoms with Gasteiger partial charge in [0.2, 0.25) is 5.91 Å². The number of carboxylic acid groups (broad SMARTS) is 1. The number of carboxylic acids is 1. The minimum absolute atomic E-state index is 0.0468. The van der Waals surface area contributed by atoms with Gasteiger partial charge in [0, 0.05) is 24.9 Å². The number of nitrogens with one attached hydrogen (secondary N) is 1. The van der Waals surface area contributed by atoms with Crippen molar-refractivity contribution < 1.29 is 14.7 Å². The van der Waals surface area contributed by atoms with Crippen LogP contribution in [-0.4, -0.2) is 28.5 Å². The van der Waals surface area contributed by atoms with Gasteiger partial charge in [-0.05, 0) is 36.8 Å². The Morgan fingerprint density at radius 1 is 1.29 bits per heavy atom. The molecule has 1 heterocycles. The van der Waals surface area contributed by atoms with Crippen molar-refractivity contribution >= 4 is 11.9 Å². The summed E-state index contributed by atoms with van der Waals surface area (Å²) in [7, 11) is 0. The molecule has 0 spiro atoms. The Labute approximate surface area is 125 Å². The summed E-state index contributed by atoms with van der Waals surface area (Å²) in [6.07, 6.45) is 3.60. The van der Waals surface area contributed by atoms with Gasteiger partial charge in [-0.2, -0.15) is 0 Å². The predicted molar refractivity (Wildman–Crippen MR) is 80.8 cm³/mol. The van der Waals surface area contributed by atoms with E-state index in [1.54, 1.807) is 6.20 Å². The van der Waals surface area contributed by atoms with Crippen molar-refractivity contribution in [1.82, 2.24) is 10.3 Å². The third-order valence-electron chi connectivity index (χ3n) is 3.58. The van der Waals surface area contributed by atoms with Crippen LogP contribution in [0.15, 0.2) is 24.4 Å². The first-order chi connectivity index (χ1) is 9.99. The molecule has 0 fully saturated rings. The van der Waals surface area contributed by atoms with E-state index in [1.165, 1.54) is 0 Å². The maximum Gasteiger partial charge on any atom is 0.303 e. The maximum atomic E-state index is 11.8. The molecule has 1 atom stereocenters. The van der Waals surface area contributed by atoms with Gasteiger partial charge in [-0.25, -0.2) is 0 Å². The second-order valence-electron chi connectivity index (χ2n) is 5.57. The molecule has 116 valence electrons. The van der Waals surface area contributed by atoms with Crippen molar-refractivity contribution in [2.24, 2.45) is 11.8 Å². The quantitative estimate of drug-likeness (QED) is 0.731. The van der Waals surface area contributed by atoms with E-state index in [2.05, 4.69) is 24.1 Å². The molecule has 0 aromatic carbocycles. The van der Waals surface area contributed by atoms with Crippen LogP contribution in [0, 0.1) is 11.8 Å². The molecular formula is C16H24N2O3. The summed E-state index contributed by atoms with van der Waals surface area (Å²) in [6, 6.07) is 5.50. The van der Waals surface area contributed by atoms with Crippen LogP contribution in [0.4, 0.5) is 0 Å². The van der Waals surface area contributed by atoms with E-state index >= 15 is 0 Å². The molecule has 0 aliphatic carbocycles. The number of pyridine rings is 1. The fourth-order valence-electron chi connectivity index (χ4n) is 2.25. The zero-order valence-electron chi connectivity index (χ0n) is 12.7. The van der Waals surface area contributed by atoms with Gasteiger partial charge in [0.05, 0.1) is 6.42 Å². The molecule has 0 saturated carbocycles. The largest absolute Gasteiger partial charge is 0.481 e. The molecule has 0 aliphatic heterocycles. The second-order valence-corrected chi connectivity index (χ2v) is 5.57. The number of hydrogen-bond donors (Lipinski definition) is 2. The van der Waals surface area contributed by atoms with Crippen LogP contribution in [0.2, 0.25) is 0 Å². The third-order valence-corrected chi connectivity index (χ3v) is 3.58. The molecule has 21 heavy (non-hydrogen) atoms. The molecule has 1 rings (SSSR count). The number of hydrogen-bond acceptors (Lipinski definition) is 3. The number of carbonyl (C=O) groups is 2. The molecule has 1 aromatic rings. The fourth-order valence-corrected chi connectivity index (χ4v) is 2.25. The third kappa shape index (κ3) is 7.44. The Bertz CT molecular complexity index is 446. The van der Waals surface area contributed by atoms with Crippen molar-refractivity contribution in [3.05, 3.63) is 30.1 Å². The Morgan fingerprint density at radius 3 is 2.62 bits per heavy atom. The number of carbonyl (C=O) groups excluding carboxylic acids is 1. The zero-order chi connectivity index (χ0) is 15.7. The summed E-state index contributed by atoms with van der Waals surface area (Å²) >= 11 is 0. The van der Waals surface area contributed by atoms with Crippen molar-refractivity contribution in [2.45, 2.75) is 39.5 Å². The van der Waals surface area contributed by atoms with Gasteiger partial charge < -0.3 is 10.4 Å². The van der Waals surface area contributed by atoms with Gasteiger partial charge >= 0.3 is 5.97 Å². The summed E-state index contributed by atoms with van der Waals surface area (Å²) < 4.78 is 0. The van der Waals surface area contributed by atoms with Crippen molar-refractivity contribution in [2.75, 3.05) is 6.54 Å². The van der Waals surface area contributed by atoms with Gasteiger partial charge in [0.1, 0.15) is 0 Å². The number of aliphatic carboxylic acids is 1. The van der Waals surface area contributed by atoms with Crippen LogP contribution in [0.5, 0.6) is 0 Å². The molecular weight excluding hydrogens is 268 g/mol. The Morgan fingerprint density at radius 2 is 2.05 bits per heavy atom. The Hall–Kier alpha value is -1.91. The summed E-state index contributed by atoms with van der Waals surface area (Å²) in [4.78, 5) is 26.5. The molecule has 1 unspecified atom stereocenters. The molecule has 5 nitrogen and oxygen atoms in total. The summed E-state index contributed by atoms with van der Waals surface area (Å²) in [5.74, 6) is -0.0810. The monoisotopic (exact) mass is 292 g/mol. The molecule has 0 radical (unpaired) electrons. The smallest absolute Gasteiger partial charge is 0.303 e. The Kier molecular flexibility index (Phi) is 7.43. The lowest BCUT2D eigenvalue weighted by Gasteiger charge is -2.20. The minimum Gasteiger partial charge on any atom is -0.481 e. The highest BCUT2D eigenvalue weighted by molar-refractivity contribution is 5.78. The standard InChI is InChI=1S/C16H24N2O3/c1-12(2)13(6-7-16(20)21)8-10-18-15(19)11-14-5-3-4-9-17-14/h3-5,9,12-13H,6-8,10-11H2,1-2H3,(H,18,19)(H,20,21). The van der Waals surface area contributed by atoms with E-state index in [4.69, 9.17) is 5.11 Å². The molecule has 5 heteroatoms. The van der Waals surface area contributed by atoms with Crippen LogP contribution < -0.4 is 5.32 Å². The lowest BCUT2D eigenvalue weighted by atomic mass is 9.88. The highest BCUT2D eigenvalue weighted by Gasteiger charge is 2.15. The normalized spacial score (nSPS) is 12.1. The highest BCUT2D eigenvalue weighted by atomic mass is 16.4. The highest BCUT2D eigenvalue weighted by Crippen LogP contribution is 2.20. The molecule has 0 saturated heterocycles. The SMILES string of the molecule is CC(C)C(CCNC(=O)Cc1ccccn1)CCC(=O)O. The van der Waals surface area contributed by atoms with E-state index in [0.29, 0.717) is 24.8 Å². The number of aromatic nitrogens is 1. The predicted octanol–water partition coefficient (Wildman–Crippen LogP) is 2.27. The summed E-state index contributed by atoms with van der Waals surface area (Å²) in [5, 5.41) is 11.6. The van der Waals surface area contributed by atoms with Crippen molar-refractivity contribution in [1.29, 1.82) is 0 Å². The number of nitrogens with zero attached hydrogens (tertiary/aromatic N) is 1. The first kappa shape index (κ1) is 17.1. The van der Waals surface area contributed by atoms with Gasteiger partial charge in [-0.15, -0.1) is 0 Å². The van der Waals surface area contributed by atoms with E-state index in [0.717, 1.165) is 12.1 Å². The van der Waals surface area contributed by atoms with Crippen LogP contribution in [0.3, 0.4) is 0 Å². The molecule has 0 aliphatic rings. The average Bonchev–Trinajstić information content (AvgIpc) is 2.43. The van der Waals surface area contributed by atoms with Gasteiger partial charge in [-0.1, -0.05) is 19.9 Å². The van der Waals surface area contributed by atoms with Crippen LogP contribution in [-0.2, 0) is 16.0 Å². The zero-order valence-corrected chi connectivity index (χ0v) is 12.7. The van der Waals surface area contributed by atoms with Crippen molar-refractivity contribution in [3.8, 4) is 0 Å². The van der Waals surface area contributed by atoms with Crippen molar-refractivity contribution in [3.63, 3.8) is 0 Å². The van der Waals surface area contributed by atoms with E-state index in [1.807, 2.05) is 18.2 Å². The minimum atomic E-state index is -0.764. The number of rotatable bonds is 9. The first-order valence-corrected chi connectivity index (χ1v) is 7.37. The van der Waals surface area contributed by atoms with Gasteiger partial charge in [0.25, 0.3) is 0 Å².